The monoisotopic (exact) mass is 250 g/mol. The average molecular weight is 252 g/mol. The Balaban J connectivity index is 0.00000121. The molecule has 0 heterocycles. The van der Waals surface area contributed by atoms with Crippen molar-refractivity contribution in [3.05, 3.63) is 33.8 Å². The maximum absolute atomic E-state index is 10.4. The van der Waals surface area contributed by atoms with E-state index in [1.54, 1.807) is 18.2 Å². The van der Waals surface area contributed by atoms with Gasteiger partial charge in [0.25, 0.3) is 0 Å². The van der Waals surface area contributed by atoms with Crippen molar-refractivity contribution in [2.24, 2.45) is 0 Å². The van der Waals surface area contributed by atoms with Gasteiger partial charge in [-0.05, 0) is 24.6 Å². The highest BCUT2D eigenvalue weighted by molar-refractivity contribution is 9.10. The van der Waals surface area contributed by atoms with Gasteiger partial charge in [-0.15, -0.1) is 12.4 Å². The molecule has 0 saturated carbocycles. The summed E-state index contributed by atoms with van der Waals surface area (Å²) in [6, 6.07) is 4.95. The van der Waals surface area contributed by atoms with Gasteiger partial charge in [0.2, 0.25) is 0 Å². The number of carboxylic acids is 1. The van der Waals surface area contributed by atoms with E-state index in [0.29, 0.717) is 5.56 Å². The molecule has 0 atom stereocenters. The molecule has 4 heteroatoms. The van der Waals surface area contributed by atoms with E-state index in [2.05, 4.69) is 15.9 Å². The third-order valence-corrected chi connectivity index (χ3v) is 2.27. The van der Waals surface area contributed by atoms with Crippen molar-refractivity contribution in [1.82, 2.24) is 0 Å². The van der Waals surface area contributed by atoms with Gasteiger partial charge in [0, 0.05) is 4.47 Å². The number of rotatable bonds is 1. The zero-order valence-corrected chi connectivity index (χ0v) is 8.78. The first-order valence-electron chi connectivity index (χ1n) is 3.10. The highest BCUT2D eigenvalue weighted by Gasteiger charge is 2.03. The van der Waals surface area contributed by atoms with Gasteiger partial charge in [-0.2, -0.15) is 0 Å². The van der Waals surface area contributed by atoms with Crippen LogP contribution >= 0.6 is 28.3 Å². The van der Waals surface area contributed by atoms with Crippen LogP contribution in [0, 0.1) is 6.92 Å². The van der Waals surface area contributed by atoms with Crippen LogP contribution in [0.1, 0.15) is 15.9 Å². The van der Waals surface area contributed by atoms with Gasteiger partial charge in [-0.1, -0.05) is 22.0 Å². The zero-order chi connectivity index (χ0) is 8.43. The van der Waals surface area contributed by atoms with Gasteiger partial charge in [0.1, 0.15) is 0 Å². The first kappa shape index (κ1) is 11.5. The van der Waals surface area contributed by atoms with E-state index in [1.165, 1.54) is 0 Å². The van der Waals surface area contributed by atoms with Gasteiger partial charge in [0.05, 0.1) is 5.56 Å². The van der Waals surface area contributed by atoms with Crippen LogP contribution in [0.2, 0.25) is 0 Å². The van der Waals surface area contributed by atoms with Gasteiger partial charge >= 0.3 is 5.97 Å². The summed E-state index contributed by atoms with van der Waals surface area (Å²) in [5.41, 5.74) is 1.34. The molecule has 0 amide bonds. The molecule has 0 aromatic heterocycles. The maximum atomic E-state index is 10.4. The predicted molar refractivity (Wildman–Crippen MR) is 53.1 cm³/mol. The first-order valence-corrected chi connectivity index (χ1v) is 3.90. The molecule has 0 saturated heterocycles. The fourth-order valence-electron chi connectivity index (χ4n) is 0.726. The minimum atomic E-state index is -0.897. The Labute approximate surface area is 85.1 Å². The minimum Gasteiger partial charge on any atom is -0.478 e. The van der Waals surface area contributed by atoms with Crippen LogP contribution in [0.25, 0.3) is 0 Å². The van der Waals surface area contributed by atoms with Crippen molar-refractivity contribution >= 4 is 34.3 Å². The van der Waals surface area contributed by atoms with E-state index < -0.39 is 5.97 Å². The number of hydrogen-bond acceptors (Lipinski definition) is 1. The Bertz CT molecular complexity index is 299. The highest BCUT2D eigenvalue weighted by Crippen LogP contribution is 2.17. The standard InChI is InChI=1S/C8H7BrO2.ClH/c1-5-2-3-6(8(10)11)4-7(5)9;/h2-4H,1H3,(H,10,11);1H. The summed E-state index contributed by atoms with van der Waals surface area (Å²) < 4.78 is 0.831. The van der Waals surface area contributed by atoms with Gasteiger partial charge in [-0.3, -0.25) is 0 Å². The average Bonchev–Trinajstić information content (AvgIpc) is 1.94. The molecule has 1 aromatic rings. The normalized spacial score (nSPS) is 8.83. The molecule has 0 spiro atoms. The summed E-state index contributed by atoms with van der Waals surface area (Å²) in [6.07, 6.45) is 0. The number of halogens is 2. The van der Waals surface area contributed by atoms with Crippen molar-refractivity contribution in [3.8, 4) is 0 Å². The molecule has 2 nitrogen and oxygen atoms in total. The molecule has 12 heavy (non-hydrogen) atoms. The molecular weight excluding hydrogens is 243 g/mol. The largest absolute Gasteiger partial charge is 0.478 e. The lowest BCUT2D eigenvalue weighted by Crippen LogP contribution is -1.95. The number of hydrogen-bond donors (Lipinski definition) is 1. The van der Waals surface area contributed by atoms with Crippen molar-refractivity contribution in [1.29, 1.82) is 0 Å². The van der Waals surface area contributed by atoms with Crippen molar-refractivity contribution in [2.75, 3.05) is 0 Å². The summed E-state index contributed by atoms with van der Waals surface area (Å²) in [7, 11) is 0. The van der Waals surface area contributed by atoms with E-state index in [4.69, 9.17) is 5.11 Å². The Kier molecular flexibility index (Phi) is 4.28. The lowest BCUT2D eigenvalue weighted by Gasteiger charge is -1.98. The van der Waals surface area contributed by atoms with Crippen molar-refractivity contribution in [3.63, 3.8) is 0 Å². The molecule has 0 radical (unpaired) electrons. The molecular formula is C8H8BrClO2. The summed E-state index contributed by atoms with van der Waals surface area (Å²) in [4.78, 5) is 10.4. The Morgan fingerprint density at radius 3 is 2.50 bits per heavy atom. The second-order valence-electron chi connectivity index (χ2n) is 2.27. The lowest BCUT2D eigenvalue weighted by molar-refractivity contribution is 0.0697. The molecule has 0 aliphatic rings. The maximum Gasteiger partial charge on any atom is 0.335 e. The SMILES string of the molecule is Cc1ccc(C(=O)O)cc1Br.Cl. The molecule has 0 aliphatic heterocycles. The predicted octanol–water partition coefficient (Wildman–Crippen LogP) is 2.88. The molecule has 1 rings (SSSR count). The third kappa shape index (κ3) is 2.50. The number of aryl methyl sites for hydroxylation is 1. The second-order valence-corrected chi connectivity index (χ2v) is 3.12. The fourth-order valence-corrected chi connectivity index (χ4v) is 1.10. The van der Waals surface area contributed by atoms with Crippen molar-refractivity contribution < 1.29 is 9.90 Å². The van der Waals surface area contributed by atoms with Crippen LogP contribution in [-0.4, -0.2) is 11.1 Å². The topological polar surface area (TPSA) is 37.3 Å². The highest BCUT2D eigenvalue weighted by atomic mass is 79.9. The quantitative estimate of drug-likeness (QED) is 0.833. The Morgan fingerprint density at radius 1 is 1.50 bits per heavy atom. The third-order valence-electron chi connectivity index (χ3n) is 1.42. The molecule has 0 fully saturated rings. The van der Waals surface area contributed by atoms with Gasteiger partial charge < -0.3 is 5.11 Å². The Hall–Kier alpha value is -0.540. The van der Waals surface area contributed by atoms with Crippen LogP contribution < -0.4 is 0 Å². The lowest BCUT2D eigenvalue weighted by atomic mass is 10.2. The van der Waals surface area contributed by atoms with Crippen LogP contribution in [0.4, 0.5) is 0 Å². The number of carbonyl (C=O) groups is 1. The van der Waals surface area contributed by atoms with E-state index in [1.807, 2.05) is 6.92 Å². The van der Waals surface area contributed by atoms with Gasteiger partial charge in [-0.25, -0.2) is 4.79 Å². The Morgan fingerprint density at radius 2 is 2.08 bits per heavy atom. The minimum absolute atomic E-state index is 0. The van der Waals surface area contributed by atoms with Crippen LogP contribution in [-0.2, 0) is 0 Å². The zero-order valence-electron chi connectivity index (χ0n) is 6.37. The number of benzene rings is 1. The van der Waals surface area contributed by atoms with Crippen LogP contribution in [0.15, 0.2) is 22.7 Å². The summed E-state index contributed by atoms with van der Waals surface area (Å²) in [5, 5.41) is 8.58. The summed E-state index contributed by atoms with van der Waals surface area (Å²) >= 11 is 3.25. The molecule has 1 N–H and O–H groups in total. The van der Waals surface area contributed by atoms with E-state index >= 15 is 0 Å². The van der Waals surface area contributed by atoms with Gasteiger partial charge in [0.15, 0.2) is 0 Å². The smallest absolute Gasteiger partial charge is 0.335 e. The molecule has 0 bridgehead atoms. The molecule has 66 valence electrons. The molecule has 0 aliphatic carbocycles. The number of aromatic carboxylic acids is 1. The molecule has 0 unspecified atom stereocenters. The van der Waals surface area contributed by atoms with Crippen molar-refractivity contribution in [2.45, 2.75) is 6.92 Å². The van der Waals surface area contributed by atoms with E-state index in [9.17, 15) is 4.79 Å². The fraction of sp³-hybridized carbons (Fsp3) is 0.125. The summed E-state index contributed by atoms with van der Waals surface area (Å²) in [6.45, 7) is 1.91. The van der Waals surface area contributed by atoms with Crippen LogP contribution in [0.5, 0.6) is 0 Å². The molecule has 1 aromatic carbocycles. The first-order chi connectivity index (χ1) is 5.11. The second kappa shape index (κ2) is 4.48. The van der Waals surface area contributed by atoms with Crippen LogP contribution in [0.3, 0.4) is 0 Å². The summed E-state index contributed by atoms with van der Waals surface area (Å²) in [5.74, 6) is -0.897. The number of carboxylic acid groups (broad SMARTS) is 1. The van der Waals surface area contributed by atoms with E-state index in [0.717, 1.165) is 10.0 Å². The van der Waals surface area contributed by atoms with E-state index in [-0.39, 0.29) is 12.4 Å².